The molecule has 3 N–H and O–H groups in total. The van der Waals surface area contributed by atoms with Crippen LogP contribution in [0.15, 0.2) is 0 Å². The second kappa shape index (κ2) is 49.4. The Morgan fingerprint density at radius 1 is 0.378 bits per heavy atom. The Bertz CT molecular complexity index is 1470. The molecular formula is C55H106O17P2. The van der Waals surface area contributed by atoms with Crippen LogP contribution in [0, 0.1) is 5.92 Å². The van der Waals surface area contributed by atoms with E-state index >= 15 is 0 Å². The molecule has 0 fully saturated rings. The smallest absolute Gasteiger partial charge is 0.462 e. The van der Waals surface area contributed by atoms with Gasteiger partial charge in [-0.2, -0.15) is 0 Å². The van der Waals surface area contributed by atoms with Crippen molar-refractivity contribution >= 4 is 39.5 Å². The molecule has 0 radical (unpaired) electrons. The fraction of sp³-hybridized carbons (Fsp3) is 0.927. The number of hydrogen-bond acceptors (Lipinski definition) is 15. The molecule has 0 bridgehead atoms. The molecule has 19 heteroatoms. The minimum Gasteiger partial charge on any atom is -0.462 e. The Balaban J connectivity index is 5.21. The van der Waals surface area contributed by atoms with E-state index in [2.05, 4.69) is 34.6 Å². The average Bonchev–Trinajstić information content (AvgIpc) is 3.37. The van der Waals surface area contributed by atoms with Crippen molar-refractivity contribution < 1.29 is 80.2 Å². The van der Waals surface area contributed by atoms with Crippen LogP contribution in [0.5, 0.6) is 0 Å². The molecule has 438 valence electrons. The number of carbonyl (C=O) groups excluding carboxylic acids is 4. The number of phosphoric ester groups is 2. The predicted octanol–water partition coefficient (Wildman–Crippen LogP) is 14.3. The number of carbonyl (C=O) groups is 4. The molecule has 0 aliphatic carbocycles. The van der Waals surface area contributed by atoms with Gasteiger partial charge in [-0.05, 0) is 31.6 Å². The van der Waals surface area contributed by atoms with E-state index in [9.17, 15) is 43.2 Å². The summed E-state index contributed by atoms with van der Waals surface area (Å²) in [5.74, 6) is -1.44. The van der Waals surface area contributed by atoms with Crippen molar-refractivity contribution in [3.05, 3.63) is 0 Å². The van der Waals surface area contributed by atoms with E-state index < -0.39 is 97.5 Å². The summed E-state index contributed by atoms with van der Waals surface area (Å²) in [7, 11) is -9.86. The SMILES string of the molecule is CCCCCCCCCCC(=O)OC[C@H](COP(=O)(O)OC[C@H](O)COP(=O)(O)OC[C@@H](COC(=O)CCCCCCCCCC)OC(=O)CCCCCCCCC(C)CC)OC(=O)CCCCCCCCCC. The molecule has 0 saturated heterocycles. The molecule has 0 aromatic carbocycles. The molecule has 0 aliphatic heterocycles. The van der Waals surface area contributed by atoms with E-state index in [1.807, 2.05) is 0 Å². The molecular weight excluding hydrogens is 995 g/mol. The highest BCUT2D eigenvalue weighted by molar-refractivity contribution is 7.47. The van der Waals surface area contributed by atoms with Crippen LogP contribution in [0.25, 0.3) is 0 Å². The largest absolute Gasteiger partial charge is 0.472 e. The second-order valence-electron chi connectivity index (χ2n) is 20.2. The number of esters is 4. The van der Waals surface area contributed by atoms with Gasteiger partial charge < -0.3 is 33.8 Å². The first-order valence-electron chi connectivity index (χ1n) is 29.2. The number of aliphatic hydroxyl groups is 1. The summed E-state index contributed by atoms with van der Waals surface area (Å²) in [6.07, 6.45) is 29.5. The molecule has 0 aliphatic rings. The summed E-state index contributed by atoms with van der Waals surface area (Å²) in [6, 6.07) is 0. The number of ether oxygens (including phenoxy) is 4. The average molecular weight is 1100 g/mol. The summed E-state index contributed by atoms with van der Waals surface area (Å²) in [6.45, 7) is 6.99. The van der Waals surface area contributed by atoms with Crippen LogP contribution in [-0.4, -0.2) is 96.7 Å². The lowest BCUT2D eigenvalue weighted by molar-refractivity contribution is -0.161. The van der Waals surface area contributed by atoms with Crippen molar-refractivity contribution in [3.63, 3.8) is 0 Å². The molecule has 0 rings (SSSR count). The highest BCUT2D eigenvalue weighted by Crippen LogP contribution is 2.45. The zero-order valence-electron chi connectivity index (χ0n) is 47.0. The Morgan fingerprint density at radius 2 is 0.649 bits per heavy atom. The first kappa shape index (κ1) is 72.1. The van der Waals surface area contributed by atoms with E-state index in [-0.39, 0.29) is 25.7 Å². The lowest BCUT2D eigenvalue weighted by Gasteiger charge is -2.21. The monoisotopic (exact) mass is 1100 g/mol. The molecule has 17 nitrogen and oxygen atoms in total. The van der Waals surface area contributed by atoms with Crippen LogP contribution >= 0.6 is 15.6 Å². The fourth-order valence-corrected chi connectivity index (χ4v) is 9.54. The van der Waals surface area contributed by atoms with Gasteiger partial charge in [-0.3, -0.25) is 37.3 Å². The second-order valence-corrected chi connectivity index (χ2v) is 23.1. The number of unbranched alkanes of at least 4 members (excludes halogenated alkanes) is 26. The highest BCUT2D eigenvalue weighted by atomic mass is 31.2. The van der Waals surface area contributed by atoms with Gasteiger partial charge in [-0.1, -0.05) is 214 Å². The predicted molar refractivity (Wildman–Crippen MR) is 289 cm³/mol. The third kappa shape index (κ3) is 48.4. The van der Waals surface area contributed by atoms with Crippen LogP contribution in [0.1, 0.15) is 266 Å². The summed E-state index contributed by atoms with van der Waals surface area (Å²) in [4.78, 5) is 71.5. The minimum atomic E-state index is -4.93. The van der Waals surface area contributed by atoms with Crippen molar-refractivity contribution in [2.75, 3.05) is 39.6 Å². The zero-order chi connectivity index (χ0) is 55.0. The van der Waals surface area contributed by atoms with Gasteiger partial charge in [0, 0.05) is 25.7 Å². The van der Waals surface area contributed by atoms with Crippen molar-refractivity contribution in [2.24, 2.45) is 5.92 Å². The van der Waals surface area contributed by atoms with Gasteiger partial charge in [0.1, 0.15) is 19.3 Å². The first-order chi connectivity index (χ1) is 35.6. The van der Waals surface area contributed by atoms with Gasteiger partial charge in [0.25, 0.3) is 0 Å². The van der Waals surface area contributed by atoms with Gasteiger partial charge in [-0.15, -0.1) is 0 Å². The van der Waals surface area contributed by atoms with Crippen LogP contribution in [-0.2, 0) is 65.4 Å². The molecule has 0 amide bonds. The van der Waals surface area contributed by atoms with E-state index in [1.165, 1.54) is 70.6 Å². The van der Waals surface area contributed by atoms with Gasteiger partial charge in [-0.25, -0.2) is 9.13 Å². The maximum absolute atomic E-state index is 12.9. The van der Waals surface area contributed by atoms with E-state index in [4.69, 9.17) is 37.0 Å². The van der Waals surface area contributed by atoms with Gasteiger partial charge in [0.15, 0.2) is 12.2 Å². The van der Waals surface area contributed by atoms with E-state index in [0.29, 0.717) is 25.7 Å². The van der Waals surface area contributed by atoms with Crippen LogP contribution in [0.3, 0.4) is 0 Å². The lowest BCUT2D eigenvalue weighted by atomic mass is 10.00. The Morgan fingerprint density at radius 3 is 0.959 bits per heavy atom. The maximum atomic E-state index is 12.9. The summed E-state index contributed by atoms with van der Waals surface area (Å²) in [5, 5.41) is 10.5. The highest BCUT2D eigenvalue weighted by Gasteiger charge is 2.30. The first-order valence-corrected chi connectivity index (χ1v) is 32.2. The van der Waals surface area contributed by atoms with Crippen LogP contribution in [0.4, 0.5) is 0 Å². The Kier molecular flexibility index (Phi) is 48.1. The van der Waals surface area contributed by atoms with Crippen molar-refractivity contribution in [2.45, 2.75) is 284 Å². The molecule has 3 unspecified atom stereocenters. The van der Waals surface area contributed by atoms with Crippen molar-refractivity contribution in [1.29, 1.82) is 0 Å². The molecule has 0 spiro atoms. The topological polar surface area (TPSA) is 237 Å². The number of aliphatic hydroxyl groups excluding tert-OH is 1. The molecule has 0 aromatic heterocycles. The molecule has 0 saturated carbocycles. The quantitative estimate of drug-likeness (QED) is 0.0222. The standard InChI is InChI=1S/C55H106O17P2/c1-6-10-13-16-19-22-28-33-38-52(57)65-44-50(71-54(59)40-35-30-24-21-18-15-12-8-3)46-69-73(61,62)67-42-49(56)43-68-74(63,64)70-47-51(45-66-53(58)39-34-29-23-20-17-14-11-7-2)72-55(60)41-36-31-26-25-27-32-37-48(5)9-4/h48-51,56H,6-47H2,1-5H3,(H,61,62)(H,63,64)/t48?,49-,50+,51+/m0/s1. The molecule has 0 heterocycles. The third-order valence-corrected chi connectivity index (χ3v) is 14.8. The van der Waals surface area contributed by atoms with Crippen molar-refractivity contribution in [3.8, 4) is 0 Å². The van der Waals surface area contributed by atoms with Gasteiger partial charge in [0.2, 0.25) is 0 Å². The van der Waals surface area contributed by atoms with Gasteiger partial charge >= 0.3 is 39.5 Å². The summed E-state index contributed by atoms with van der Waals surface area (Å²) < 4.78 is 67.4. The number of hydrogen-bond donors (Lipinski definition) is 3. The molecule has 0 aromatic rings. The number of rotatable bonds is 55. The fourth-order valence-electron chi connectivity index (χ4n) is 7.96. The minimum absolute atomic E-state index is 0.103. The number of phosphoric acid groups is 2. The third-order valence-electron chi connectivity index (χ3n) is 12.9. The molecule has 6 atom stereocenters. The maximum Gasteiger partial charge on any atom is 0.472 e. The summed E-state index contributed by atoms with van der Waals surface area (Å²) >= 11 is 0. The Hall–Kier alpha value is -1.94. The van der Waals surface area contributed by atoms with Gasteiger partial charge in [0.05, 0.1) is 26.4 Å². The van der Waals surface area contributed by atoms with Crippen LogP contribution < -0.4 is 0 Å². The van der Waals surface area contributed by atoms with E-state index in [1.54, 1.807) is 0 Å². The Labute approximate surface area is 447 Å². The van der Waals surface area contributed by atoms with Crippen molar-refractivity contribution in [1.82, 2.24) is 0 Å². The van der Waals surface area contributed by atoms with E-state index in [0.717, 1.165) is 115 Å². The van der Waals surface area contributed by atoms with Crippen LogP contribution in [0.2, 0.25) is 0 Å². The molecule has 74 heavy (non-hydrogen) atoms. The zero-order valence-corrected chi connectivity index (χ0v) is 48.7. The summed E-state index contributed by atoms with van der Waals surface area (Å²) in [5.41, 5.74) is 0. The normalized spacial score (nSPS) is 14.9. The lowest BCUT2D eigenvalue weighted by Crippen LogP contribution is -2.30.